The molecule has 3 rings (SSSR count). The number of benzene rings is 2. The molecule has 0 radical (unpaired) electrons. The molecule has 0 saturated heterocycles. The van der Waals surface area contributed by atoms with Crippen LogP contribution in [-0.2, 0) is 15.8 Å². The molecule has 1 aliphatic rings. The van der Waals surface area contributed by atoms with E-state index in [4.69, 9.17) is 0 Å². The monoisotopic (exact) mass is 400 g/mol. The summed E-state index contributed by atoms with van der Waals surface area (Å²) in [7, 11) is 0. The number of alkyl halides is 3. The number of rotatable bonds is 5. The predicted octanol–water partition coefficient (Wildman–Crippen LogP) is 4.70. The normalized spacial score (nSPS) is 14.6. The van der Waals surface area contributed by atoms with Gasteiger partial charge in [0.15, 0.2) is 0 Å². The SMILES string of the molecule is C=CCN1C(=O)C(Nc2cccc(C(F)(F)F)c2)=C(c2ccc(C)c(C)c2)C1=O. The minimum Gasteiger partial charge on any atom is -0.350 e. The molecule has 7 heteroatoms. The summed E-state index contributed by atoms with van der Waals surface area (Å²) >= 11 is 0. The fraction of sp³-hybridized carbons (Fsp3) is 0.182. The third-order valence-electron chi connectivity index (χ3n) is 4.73. The molecular weight excluding hydrogens is 381 g/mol. The van der Waals surface area contributed by atoms with E-state index in [0.717, 1.165) is 28.2 Å². The van der Waals surface area contributed by atoms with Crippen LogP contribution in [0.1, 0.15) is 22.3 Å². The Morgan fingerprint density at radius 2 is 1.76 bits per heavy atom. The minimum atomic E-state index is -4.52. The van der Waals surface area contributed by atoms with Gasteiger partial charge in [-0.05, 0) is 48.7 Å². The largest absolute Gasteiger partial charge is 0.416 e. The van der Waals surface area contributed by atoms with E-state index in [-0.39, 0.29) is 23.5 Å². The van der Waals surface area contributed by atoms with Gasteiger partial charge in [-0.25, -0.2) is 0 Å². The van der Waals surface area contributed by atoms with Crippen molar-refractivity contribution >= 4 is 23.1 Å². The van der Waals surface area contributed by atoms with Crippen LogP contribution in [0.15, 0.2) is 60.8 Å². The summed E-state index contributed by atoms with van der Waals surface area (Å²) in [6, 6.07) is 9.81. The second-order valence-electron chi connectivity index (χ2n) is 6.76. The molecule has 2 aromatic carbocycles. The van der Waals surface area contributed by atoms with E-state index in [2.05, 4.69) is 11.9 Å². The molecule has 29 heavy (non-hydrogen) atoms. The number of aryl methyl sites for hydroxylation is 2. The van der Waals surface area contributed by atoms with E-state index in [1.807, 2.05) is 19.9 Å². The van der Waals surface area contributed by atoms with E-state index in [1.54, 1.807) is 12.1 Å². The maximum atomic E-state index is 13.0. The number of nitrogens with zero attached hydrogens (tertiary/aromatic N) is 1. The molecule has 150 valence electrons. The Kier molecular flexibility index (Phi) is 5.33. The molecule has 1 N–H and O–H groups in total. The van der Waals surface area contributed by atoms with E-state index in [0.29, 0.717) is 5.56 Å². The zero-order valence-electron chi connectivity index (χ0n) is 15.9. The van der Waals surface area contributed by atoms with Crippen molar-refractivity contribution in [3.05, 3.63) is 83.1 Å². The standard InChI is InChI=1S/C22H19F3N2O2/c1-4-10-27-20(28)18(15-9-8-13(2)14(3)11-15)19(21(27)29)26-17-7-5-6-16(12-17)22(23,24)25/h4-9,11-12,26H,1,10H2,2-3H3. The van der Waals surface area contributed by atoms with E-state index in [1.165, 1.54) is 18.2 Å². The molecule has 0 spiro atoms. The zero-order valence-corrected chi connectivity index (χ0v) is 15.9. The fourth-order valence-electron chi connectivity index (χ4n) is 3.07. The van der Waals surface area contributed by atoms with Crippen LogP contribution in [0.3, 0.4) is 0 Å². The zero-order chi connectivity index (χ0) is 21.3. The quantitative estimate of drug-likeness (QED) is 0.585. The molecule has 0 atom stereocenters. The van der Waals surface area contributed by atoms with Gasteiger partial charge in [0, 0.05) is 12.2 Å². The Morgan fingerprint density at radius 1 is 1.03 bits per heavy atom. The van der Waals surface area contributed by atoms with Gasteiger partial charge in [-0.1, -0.05) is 30.3 Å². The molecule has 0 aromatic heterocycles. The Bertz CT molecular complexity index is 1040. The summed E-state index contributed by atoms with van der Waals surface area (Å²) in [4.78, 5) is 26.8. The van der Waals surface area contributed by atoms with Crippen molar-refractivity contribution in [2.75, 3.05) is 11.9 Å². The van der Waals surface area contributed by atoms with Gasteiger partial charge in [-0.15, -0.1) is 6.58 Å². The van der Waals surface area contributed by atoms with Crippen LogP contribution in [0.25, 0.3) is 5.57 Å². The molecule has 2 amide bonds. The molecular formula is C22H19F3N2O2. The van der Waals surface area contributed by atoms with Crippen LogP contribution in [0.5, 0.6) is 0 Å². The highest BCUT2D eigenvalue weighted by Crippen LogP contribution is 2.34. The number of nitrogens with one attached hydrogen (secondary N) is 1. The predicted molar refractivity (Wildman–Crippen MR) is 105 cm³/mol. The number of hydrogen-bond acceptors (Lipinski definition) is 3. The molecule has 1 heterocycles. The highest BCUT2D eigenvalue weighted by molar-refractivity contribution is 6.36. The van der Waals surface area contributed by atoms with Crippen LogP contribution in [0, 0.1) is 13.8 Å². The van der Waals surface area contributed by atoms with Crippen molar-refractivity contribution in [3.63, 3.8) is 0 Å². The number of hydrogen-bond donors (Lipinski definition) is 1. The molecule has 2 aromatic rings. The highest BCUT2D eigenvalue weighted by Gasteiger charge is 2.39. The van der Waals surface area contributed by atoms with Crippen LogP contribution < -0.4 is 5.32 Å². The second kappa shape index (κ2) is 7.58. The fourth-order valence-corrected chi connectivity index (χ4v) is 3.07. The summed E-state index contributed by atoms with van der Waals surface area (Å²) in [5.74, 6) is -1.13. The first-order valence-corrected chi connectivity index (χ1v) is 8.86. The molecule has 0 bridgehead atoms. The van der Waals surface area contributed by atoms with Crippen molar-refractivity contribution in [1.82, 2.24) is 4.90 Å². The molecule has 0 saturated carbocycles. The van der Waals surface area contributed by atoms with Gasteiger partial charge >= 0.3 is 6.18 Å². The van der Waals surface area contributed by atoms with Gasteiger partial charge in [0.1, 0.15) is 5.70 Å². The van der Waals surface area contributed by atoms with Gasteiger partial charge in [0.2, 0.25) is 0 Å². The van der Waals surface area contributed by atoms with Gasteiger partial charge in [-0.2, -0.15) is 13.2 Å². The minimum absolute atomic E-state index is 0.000217. The Balaban J connectivity index is 2.10. The molecule has 0 aliphatic carbocycles. The first kappa shape index (κ1) is 20.4. The van der Waals surface area contributed by atoms with Gasteiger partial charge in [0.25, 0.3) is 11.8 Å². The van der Waals surface area contributed by atoms with Crippen LogP contribution in [0.2, 0.25) is 0 Å². The average molecular weight is 400 g/mol. The van der Waals surface area contributed by atoms with Crippen LogP contribution in [-0.4, -0.2) is 23.3 Å². The number of carbonyl (C=O) groups is 2. The highest BCUT2D eigenvalue weighted by atomic mass is 19.4. The summed E-state index contributed by atoms with van der Waals surface area (Å²) in [6.07, 6.45) is -3.10. The first-order chi connectivity index (χ1) is 13.6. The maximum absolute atomic E-state index is 13.0. The van der Waals surface area contributed by atoms with Gasteiger partial charge < -0.3 is 5.32 Å². The summed E-state index contributed by atoms with van der Waals surface area (Å²) in [5, 5.41) is 2.74. The van der Waals surface area contributed by atoms with Gasteiger partial charge in [-0.3, -0.25) is 14.5 Å². The smallest absolute Gasteiger partial charge is 0.350 e. The average Bonchev–Trinajstić information content (AvgIpc) is 2.88. The summed E-state index contributed by atoms with van der Waals surface area (Å²) < 4.78 is 39.1. The molecule has 0 fully saturated rings. The molecule has 4 nitrogen and oxygen atoms in total. The number of carbonyl (C=O) groups excluding carboxylic acids is 2. The van der Waals surface area contributed by atoms with Crippen LogP contribution >= 0.6 is 0 Å². The van der Waals surface area contributed by atoms with Crippen LogP contribution in [0.4, 0.5) is 18.9 Å². The number of amides is 2. The van der Waals surface area contributed by atoms with E-state index in [9.17, 15) is 22.8 Å². The topological polar surface area (TPSA) is 49.4 Å². The number of anilines is 1. The molecule has 1 aliphatic heterocycles. The lowest BCUT2D eigenvalue weighted by Crippen LogP contribution is -2.32. The Labute approximate surface area is 166 Å². The lowest BCUT2D eigenvalue weighted by molar-refractivity contribution is -0.138. The van der Waals surface area contributed by atoms with E-state index < -0.39 is 23.6 Å². The van der Waals surface area contributed by atoms with Gasteiger partial charge in [0.05, 0.1) is 11.1 Å². The van der Waals surface area contributed by atoms with Crippen molar-refractivity contribution in [1.29, 1.82) is 0 Å². The third-order valence-corrected chi connectivity index (χ3v) is 4.73. The van der Waals surface area contributed by atoms with Crippen molar-refractivity contribution in [2.24, 2.45) is 0 Å². The van der Waals surface area contributed by atoms with E-state index >= 15 is 0 Å². The number of imide groups is 1. The second-order valence-corrected chi connectivity index (χ2v) is 6.76. The lowest BCUT2D eigenvalue weighted by atomic mass is 9.99. The summed E-state index contributed by atoms with van der Waals surface area (Å²) in [6.45, 7) is 7.35. The Morgan fingerprint density at radius 3 is 2.38 bits per heavy atom. The van der Waals surface area contributed by atoms with Crippen molar-refractivity contribution in [2.45, 2.75) is 20.0 Å². The van der Waals surface area contributed by atoms with Crippen molar-refractivity contribution < 1.29 is 22.8 Å². The lowest BCUT2D eigenvalue weighted by Gasteiger charge is -2.13. The van der Waals surface area contributed by atoms with Crippen molar-refractivity contribution in [3.8, 4) is 0 Å². The molecule has 0 unspecified atom stereocenters. The first-order valence-electron chi connectivity index (χ1n) is 8.86. The Hall–Kier alpha value is -3.35. The number of halogens is 3. The third kappa shape index (κ3) is 3.94. The summed E-state index contributed by atoms with van der Waals surface area (Å²) in [5.41, 5.74) is 1.75. The maximum Gasteiger partial charge on any atom is 0.416 e.